The van der Waals surface area contributed by atoms with Crippen molar-refractivity contribution in [3.05, 3.63) is 124 Å². The molecule has 0 aliphatic heterocycles. The number of amides is 2. The van der Waals surface area contributed by atoms with Crippen LogP contribution >= 0.6 is 23.2 Å². The second kappa shape index (κ2) is 17.2. The molecule has 1 N–H and O–H groups in total. The number of hydrogen-bond acceptors (Lipinski definition) is 5. The Morgan fingerprint density at radius 1 is 0.880 bits per heavy atom. The molecule has 4 aromatic carbocycles. The summed E-state index contributed by atoms with van der Waals surface area (Å²) < 4.78 is 48.8. The van der Waals surface area contributed by atoms with Gasteiger partial charge in [0.1, 0.15) is 24.2 Å². The molecule has 0 bridgehead atoms. The minimum absolute atomic E-state index is 0.0318. The van der Waals surface area contributed by atoms with E-state index in [4.69, 9.17) is 27.9 Å². The van der Waals surface area contributed by atoms with Gasteiger partial charge in [-0.25, -0.2) is 12.8 Å². The highest BCUT2D eigenvalue weighted by Gasteiger charge is 2.35. The van der Waals surface area contributed by atoms with E-state index >= 15 is 0 Å². The van der Waals surface area contributed by atoms with Crippen LogP contribution in [0.5, 0.6) is 5.75 Å². The molecule has 0 unspecified atom stereocenters. The maximum atomic E-state index is 14.7. The van der Waals surface area contributed by atoms with E-state index in [1.165, 1.54) is 4.90 Å². The summed E-state index contributed by atoms with van der Waals surface area (Å²) in [6, 6.07) is 24.0. The summed E-state index contributed by atoms with van der Waals surface area (Å²) in [6.45, 7) is 1.53. The van der Waals surface area contributed by atoms with Gasteiger partial charge in [0.2, 0.25) is 11.8 Å². The number of halogens is 3. The molecule has 50 heavy (non-hydrogen) atoms. The fourth-order valence-electron chi connectivity index (χ4n) is 6.07. The van der Waals surface area contributed by atoms with E-state index in [0.717, 1.165) is 66.2 Å². The summed E-state index contributed by atoms with van der Waals surface area (Å²) in [6.07, 6.45) is 4.96. The molecule has 1 atom stereocenters. The third-order valence-corrected chi connectivity index (χ3v) is 11.2. The normalized spacial score (nSPS) is 14.1. The molecule has 5 rings (SSSR count). The lowest BCUT2D eigenvalue weighted by molar-refractivity contribution is -0.140. The minimum Gasteiger partial charge on any atom is -0.494 e. The zero-order valence-electron chi connectivity index (χ0n) is 27.7. The van der Waals surface area contributed by atoms with Gasteiger partial charge in [-0.1, -0.05) is 78.9 Å². The molecule has 4 aromatic rings. The number of ether oxygens (including phenoxy) is 1. The monoisotopic (exact) mass is 739 g/mol. The summed E-state index contributed by atoms with van der Waals surface area (Å²) in [5, 5.41) is 3.79. The average Bonchev–Trinajstić information content (AvgIpc) is 3.11. The van der Waals surface area contributed by atoms with Crippen molar-refractivity contribution in [2.24, 2.45) is 0 Å². The van der Waals surface area contributed by atoms with Crippen LogP contribution in [-0.2, 0) is 32.6 Å². The summed E-state index contributed by atoms with van der Waals surface area (Å²) in [5.41, 5.74) is 1.61. The van der Waals surface area contributed by atoms with Crippen LogP contribution < -0.4 is 14.4 Å². The molecule has 1 saturated carbocycles. The number of benzene rings is 4. The summed E-state index contributed by atoms with van der Waals surface area (Å²) in [4.78, 5) is 30.2. The number of nitrogens with one attached hydrogen (secondary N) is 1. The Bertz CT molecular complexity index is 1860. The highest BCUT2D eigenvalue weighted by atomic mass is 35.5. The van der Waals surface area contributed by atoms with Crippen molar-refractivity contribution in [3.8, 4) is 5.75 Å². The van der Waals surface area contributed by atoms with Crippen LogP contribution in [0.1, 0.15) is 50.2 Å². The van der Waals surface area contributed by atoms with Gasteiger partial charge in [0.05, 0.1) is 27.2 Å². The van der Waals surface area contributed by atoms with Crippen LogP contribution in [0.4, 0.5) is 10.1 Å². The summed E-state index contributed by atoms with van der Waals surface area (Å²) >= 11 is 12.6. The van der Waals surface area contributed by atoms with E-state index in [2.05, 4.69) is 5.32 Å². The molecule has 0 spiro atoms. The highest BCUT2D eigenvalue weighted by molar-refractivity contribution is 7.92. The summed E-state index contributed by atoms with van der Waals surface area (Å²) in [7, 11) is -4.40. The van der Waals surface area contributed by atoms with E-state index < -0.39 is 34.3 Å². The first-order valence-corrected chi connectivity index (χ1v) is 18.8. The lowest BCUT2D eigenvalue weighted by atomic mass is 9.94. The predicted molar refractivity (Wildman–Crippen MR) is 195 cm³/mol. The quantitative estimate of drug-likeness (QED) is 0.142. The predicted octanol–water partition coefficient (Wildman–Crippen LogP) is 7.82. The Kier molecular flexibility index (Phi) is 12.8. The zero-order chi connectivity index (χ0) is 35.7. The van der Waals surface area contributed by atoms with E-state index in [1.54, 1.807) is 42.5 Å². The topological polar surface area (TPSA) is 96.0 Å². The Balaban J connectivity index is 1.57. The first-order valence-electron chi connectivity index (χ1n) is 16.6. The van der Waals surface area contributed by atoms with Crippen molar-refractivity contribution in [1.29, 1.82) is 0 Å². The van der Waals surface area contributed by atoms with Gasteiger partial charge in [-0.15, -0.1) is 0 Å². The van der Waals surface area contributed by atoms with Crippen molar-refractivity contribution in [1.82, 2.24) is 10.2 Å². The van der Waals surface area contributed by atoms with E-state index in [9.17, 15) is 22.4 Å². The fourth-order valence-corrected chi connectivity index (χ4v) is 7.81. The number of hydrogen-bond donors (Lipinski definition) is 1. The molecular weight excluding hydrogens is 700 g/mol. The molecule has 12 heteroatoms. The number of rotatable bonds is 14. The van der Waals surface area contributed by atoms with Crippen LogP contribution in [0.25, 0.3) is 0 Å². The van der Waals surface area contributed by atoms with Crippen molar-refractivity contribution < 1.29 is 27.1 Å². The maximum Gasteiger partial charge on any atom is 0.264 e. The summed E-state index contributed by atoms with van der Waals surface area (Å²) in [5.74, 6) is -1.04. The van der Waals surface area contributed by atoms with Gasteiger partial charge < -0.3 is 15.0 Å². The average molecular weight is 741 g/mol. The van der Waals surface area contributed by atoms with Crippen LogP contribution in [0.2, 0.25) is 10.0 Å². The van der Waals surface area contributed by atoms with Gasteiger partial charge in [0.25, 0.3) is 10.0 Å². The molecular formula is C38H40Cl2FN3O5S. The standard InChI is InChI=1S/C38H40Cl2FN3O5S/c1-2-49-32-18-16-31(17-19-32)44(50(47,48)33-20-14-29(41)15-21-33)26-37(45)43(25-28-13-22-34(39)35(40)23-28)36(24-27-9-5-3-6-10-27)38(46)42-30-11-7-4-8-12-30/h3,5-6,9-10,13-23,30,36H,2,4,7-8,11-12,24-26H2,1H3,(H,42,46)/t36-/m0/s1. The van der Waals surface area contributed by atoms with Gasteiger partial charge in [-0.3, -0.25) is 13.9 Å². The molecule has 2 amide bonds. The van der Waals surface area contributed by atoms with Crippen LogP contribution in [0.15, 0.2) is 102 Å². The largest absolute Gasteiger partial charge is 0.494 e. The molecule has 0 radical (unpaired) electrons. The van der Waals surface area contributed by atoms with Crippen molar-refractivity contribution in [3.63, 3.8) is 0 Å². The molecule has 0 heterocycles. The molecule has 1 aliphatic rings. The van der Waals surface area contributed by atoms with E-state index in [0.29, 0.717) is 22.9 Å². The number of sulfonamides is 1. The number of nitrogens with zero attached hydrogens (tertiary/aromatic N) is 2. The third kappa shape index (κ3) is 9.56. The number of carbonyl (C=O) groups excluding carboxylic acids is 2. The molecule has 0 aromatic heterocycles. The Morgan fingerprint density at radius 2 is 1.56 bits per heavy atom. The van der Waals surface area contributed by atoms with Gasteiger partial charge >= 0.3 is 0 Å². The molecule has 8 nitrogen and oxygen atoms in total. The first kappa shape index (κ1) is 37.1. The zero-order valence-corrected chi connectivity index (χ0v) is 30.1. The second-order valence-electron chi connectivity index (χ2n) is 12.2. The lowest BCUT2D eigenvalue weighted by Crippen LogP contribution is -2.55. The van der Waals surface area contributed by atoms with Crippen LogP contribution in [0, 0.1) is 5.82 Å². The Morgan fingerprint density at radius 3 is 2.20 bits per heavy atom. The van der Waals surface area contributed by atoms with E-state index in [1.807, 2.05) is 37.3 Å². The molecule has 1 aliphatic carbocycles. The van der Waals surface area contributed by atoms with Gasteiger partial charge in [-0.05, 0) is 91.6 Å². The SMILES string of the molecule is CCOc1ccc(N(CC(=O)N(Cc2ccc(Cl)c(Cl)c2)[C@@H](Cc2ccccc2)C(=O)NC2CCCCC2)S(=O)(=O)c2ccc(F)cc2)cc1. The molecule has 1 fully saturated rings. The minimum atomic E-state index is -4.40. The lowest BCUT2D eigenvalue weighted by Gasteiger charge is -2.35. The molecule has 264 valence electrons. The fraction of sp³-hybridized carbons (Fsp3) is 0.316. The number of anilines is 1. The van der Waals surface area contributed by atoms with Crippen LogP contribution in [0.3, 0.4) is 0 Å². The smallest absolute Gasteiger partial charge is 0.264 e. The number of carbonyl (C=O) groups is 2. The van der Waals surface area contributed by atoms with Gasteiger partial charge in [-0.2, -0.15) is 0 Å². The first-order chi connectivity index (χ1) is 24.0. The van der Waals surface area contributed by atoms with Crippen molar-refractivity contribution in [2.75, 3.05) is 17.5 Å². The van der Waals surface area contributed by atoms with Crippen LogP contribution in [-0.4, -0.2) is 50.4 Å². The van der Waals surface area contributed by atoms with Gasteiger partial charge in [0.15, 0.2) is 0 Å². The van der Waals surface area contributed by atoms with Crippen molar-refractivity contribution >= 4 is 50.7 Å². The van der Waals surface area contributed by atoms with E-state index in [-0.39, 0.29) is 40.5 Å². The Hall–Kier alpha value is -4.12. The van der Waals surface area contributed by atoms with Crippen molar-refractivity contribution in [2.45, 2.75) is 69.0 Å². The highest BCUT2D eigenvalue weighted by Crippen LogP contribution is 2.29. The third-order valence-electron chi connectivity index (χ3n) is 8.68. The maximum absolute atomic E-state index is 14.7. The Labute approximate surface area is 303 Å². The molecule has 0 saturated heterocycles. The second-order valence-corrected chi connectivity index (χ2v) is 14.9. The van der Waals surface area contributed by atoms with Gasteiger partial charge in [0, 0.05) is 19.0 Å².